The monoisotopic (exact) mass is 495 g/mol. The number of nitrogens with zero attached hydrogens (tertiary/aromatic N) is 3. The first-order valence-electron chi connectivity index (χ1n) is 9.06. The van der Waals surface area contributed by atoms with Crippen LogP contribution in [0.4, 0.5) is 0 Å². The Hall–Kier alpha value is -0.640. The van der Waals surface area contributed by atoms with Crippen molar-refractivity contribution in [2.45, 2.75) is 39.3 Å². The minimum Gasteiger partial charge on any atom is -0.379 e. The van der Waals surface area contributed by atoms with Crippen molar-refractivity contribution in [3.8, 4) is 0 Å². The Morgan fingerprint density at radius 3 is 2.92 bits per heavy atom. The van der Waals surface area contributed by atoms with E-state index in [1.54, 1.807) is 0 Å². The molecule has 0 radical (unpaired) electrons. The maximum absolute atomic E-state index is 5.81. The van der Waals surface area contributed by atoms with Gasteiger partial charge in [-0.25, -0.2) is 4.98 Å². The summed E-state index contributed by atoms with van der Waals surface area (Å²) in [6, 6.07) is 4.67. The second-order valence-electron chi connectivity index (χ2n) is 6.40. The third-order valence-electron chi connectivity index (χ3n) is 4.34. The van der Waals surface area contributed by atoms with Crippen LogP contribution in [0.15, 0.2) is 23.3 Å². The molecule has 2 atom stereocenters. The summed E-state index contributed by atoms with van der Waals surface area (Å²) in [7, 11) is 0. The van der Waals surface area contributed by atoms with Gasteiger partial charge >= 0.3 is 0 Å². The van der Waals surface area contributed by atoms with Gasteiger partial charge in [-0.1, -0.05) is 17.7 Å². The van der Waals surface area contributed by atoms with Crippen LogP contribution in [0, 0.1) is 0 Å². The van der Waals surface area contributed by atoms with Gasteiger partial charge < -0.3 is 15.4 Å². The number of pyridine rings is 1. The lowest BCUT2D eigenvalue weighted by atomic mass is 10.2. The van der Waals surface area contributed by atoms with E-state index in [1.165, 1.54) is 0 Å². The van der Waals surface area contributed by atoms with Crippen LogP contribution in [0.3, 0.4) is 0 Å². The van der Waals surface area contributed by atoms with E-state index in [9.17, 15) is 0 Å². The zero-order valence-electron chi connectivity index (χ0n) is 15.9. The minimum absolute atomic E-state index is 0. The lowest BCUT2D eigenvalue weighted by molar-refractivity contribution is -0.0165. The number of aliphatic imine (C=N–C) groups is 1. The number of hydrogen-bond acceptors (Lipinski definition) is 4. The molecular formula is C18H31ClIN5O. The van der Waals surface area contributed by atoms with Crippen LogP contribution >= 0.6 is 35.6 Å². The van der Waals surface area contributed by atoms with Crippen molar-refractivity contribution in [1.82, 2.24) is 20.5 Å². The first-order valence-corrected chi connectivity index (χ1v) is 9.44. The molecule has 2 heterocycles. The number of guanidine groups is 1. The van der Waals surface area contributed by atoms with Gasteiger partial charge in [0.15, 0.2) is 5.96 Å². The molecule has 1 aromatic heterocycles. The van der Waals surface area contributed by atoms with Gasteiger partial charge in [-0.3, -0.25) is 9.89 Å². The summed E-state index contributed by atoms with van der Waals surface area (Å²) in [5.41, 5.74) is 1.16. The number of aromatic nitrogens is 1. The van der Waals surface area contributed by atoms with Crippen LogP contribution in [0.5, 0.6) is 0 Å². The third kappa shape index (κ3) is 7.94. The first kappa shape index (κ1) is 23.4. The van der Waals surface area contributed by atoms with Crippen LogP contribution in [-0.4, -0.2) is 67.3 Å². The third-order valence-corrected chi connectivity index (χ3v) is 4.56. The SMILES string of the molecule is CCNC(=NCC(C)N1CCOCC1C)NCCc1ccc(Cl)nc1.I. The average Bonchev–Trinajstić information content (AvgIpc) is 2.61. The summed E-state index contributed by atoms with van der Waals surface area (Å²) >= 11 is 5.81. The van der Waals surface area contributed by atoms with E-state index in [0.29, 0.717) is 17.2 Å². The molecule has 8 heteroatoms. The summed E-state index contributed by atoms with van der Waals surface area (Å²) in [4.78, 5) is 11.3. The van der Waals surface area contributed by atoms with Gasteiger partial charge in [0.05, 0.1) is 19.8 Å². The fourth-order valence-corrected chi connectivity index (χ4v) is 3.06. The fraction of sp³-hybridized carbons (Fsp3) is 0.667. The molecule has 1 aliphatic heterocycles. The van der Waals surface area contributed by atoms with E-state index in [-0.39, 0.29) is 24.0 Å². The molecule has 0 bridgehead atoms. The van der Waals surface area contributed by atoms with E-state index in [4.69, 9.17) is 21.3 Å². The molecule has 1 fully saturated rings. The quantitative estimate of drug-likeness (QED) is 0.263. The molecule has 0 aromatic carbocycles. The standard InChI is InChI=1S/C18H30ClN5O.HI/c1-4-20-18(21-8-7-16-5-6-17(19)22-12-16)23-11-14(2)24-9-10-25-13-15(24)3;/h5-6,12,14-15H,4,7-11,13H2,1-3H3,(H2,20,21,23);1H. The number of ether oxygens (including phenoxy) is 1. The van der Waals surface area contributed by atoms with Crippen molar-refractivity contribution in [3.05, 3.63) is 29.0 Å². The molecule has 0 aliphatic carbocycles. The van der Waals surface area contributed by atoms with Gasteiger partial charge in [-0.15, -0.1) is 24.0 Å². The van der Waals surface area contributed by atoms with Crippen molar-refractivity contribution < 1.29 is 4.74 Å². The van der Waals surface area contributed by atoms with E-state index >= 15 is 0 Å². The van der Waals surface area contributed by atoms with E-state index in [0.717, 1.165) is 57.3 Å². The Labute approximate surface area is 179 Å². The van der Waals surface area contributed by atoms with E-state index in [1.807, 2.05) is 18.3 Å². The zero-order chi connectivity index (χ0) is 18.1. The normalized spacial score (nSPS) is 19.5. The van der Waals surface area contributed by atoms with Crippen molar-refractivity contribution in [3.63, 3.8) is 0 Å². The second-order valence-corrected chi connectivity index (χ2v) is 6.78. The molecule has 1 aromatic rings. The van der Waals surface area contributed by atoms with Gasteiger partial charge in [0, 0.05) is 37.9 Å². The smallest absolute Gasteiger partial charge is 0.191 e. The van der Waals surface area contributed by atoms with Crippen LogP contribution in [-0.2, 0) is 11.2 Å². The molecule has 0 saturated carbocycles. The molecule has 0 spiro atoms. The Morgan fingerprint density at radius 1 is 1.46 bits per heavy atom. The largest absolute Gasteiger partial charge is 0.379 e. The van der Waals surface area contributed by atoms with Gasteiger partial charge in [0.25, 0.3) is 0 Å². The first-order chi connectivity index (χ1) is 12.1. The number of halogens is 2. The summed E-state index contributed by atoms with van der Waals surface area (Å²) in [6.45, 7) is 11.5. The number of rotatable bonds is 7. The maximum atomic E-state index is 5.81. The molecule has 148 valence electrons. The summed E-state index contributed by atoms with van der Waals surface area (Å²) in [5.74, 6) is 0.859. The Bertz CT molecular complexity index is 543. The molecular weight excluding hydrogens is 465 g/mol. The van der Waals surface area contributed by atoms with Crippen molar-refractivity contribution in [1.29, 1.82) is 0 Å². The molecule has 2 unspecified atom stereocenters. The Kier molecular flexibility index (Phi) is 11.4. The molecule has 1 saturated heterocycles. The topological polar surface area (TPSA) is 61.8 Å². The molecule has 6 nitrogen and oxygen atoms in total. The summed E-state index contributed by atoms with van der Waals surface area (Å²) < 4.78 is 5.51. The van der Waals surface area contributed by atoms with Crippen LogP contribution < -0.4 is 10.6 Å². The van der Waals surface area contributed by atoms with Gasteiger partial charge in [-0.2, -0.15) is 0 Å². The van der Waals surface area contributed by atoms with Crippen LogP contribution in [0.2, 0.25) is 5.15 Å². The minimum atomic E-state index is 0. The maximum Gasteiger partial charge on any atom is 0.191 e. The lowest BCUT2D eigenvalue weighted by Gasteiger charge is -2.37. The van der Waals surface area contributed by atoms with Crippen LogP contribution in [0.1, 0.15) is 26.3 Å². The second kappa shape index (κ2) is 12.7. The summed E-state index contributed by atoms with van der Waals surface area (Å²) in [6.07, 6.45) is 2.70. The van der Waals surface area contributed by atoms with Crippen LogP contribution in [0.25, 0.3) is 0 Å². The summed E-state index contributed by atoms with van der Waals surface area (Å²) in [5, 5.41) is 7.22. The molecule has 0 amide bonds. The average molecular weight is 496 g/mol. The van der Waals surface area contributed by atoms with Gasteiger partial charge in [-0.05, 0) is 38.8 Å². The number of nitrogens with one attached hydrogen (secondary N) is 2. The predicted octanol–water partition coefficient (Wildman–Crippen LogP) is 2.56. The fourth-order valence-electron chi connectivity index (χ4n) is 2.94. The van der Waals surface area contributed by atoms with Crippen molar-refractivity contribution >= 4 is 41.5 Å². The van der Waals surface area contributed by atoms with Gasteiger partial charge in [0.2, 0.25) is 0 Å². The zero-order valence-corrected chi connectivity index (χ0v) is 19.0. The highest BCUT2D eigenvalue weighted by Gasteiger charge is 2.23. The highest BCUT2D eigenvalue weighted by molar-refractivity contribution is 14.0. The van der Waals surface area contributed by atoms with Crippen molar-refractivity contribution in [2.24, 2.45) is 4.99 Å². The van der Waals surface area contributed by atoms with E-state index < -0.39 is 0 Å². The van der Waals surface area contributed by atoms with Gasteiger partial charge in [0.1, 0.15) is 5.15 Å². The molecule has 26 heavy (non-hydrogen) atoms. The highest BCUT2D eigenvalue weighted by Crippen LogP contribution is 2.11. The number of morpholine rings is 1. The molecule has 2 N–H and O–H groups in total. The van der Waals surface area contributed by atoms with E-state index in [2.05, 4.69) is 41.3 Å². The molecule has 2 rings (SSSR count). The molecule has 1 aliphatic rings. The van der Waals surface area contributed by atoms with Crippen molar-refractivity contribution in [2.75, 3.05) is 39.4 Å². The lowest BCUT2D eigenvalue weighted by Crippen LogP contribution is -2.49. The highest BCUT2D eigenvalue weighted by atomic mass is 127. The predicted molar refractivity (Wildman–Crippen MR) is 119 cm³/mol. The Balaban J connectivity index is 0.00000338. The number of hydrogen-bond donors (Lipinski definition) is 2. The Morgan fingerprint density at radius 2 is 2.27 bits per heavy atom.